The van der Waals surface area contributed by atoms with Gasteiger partial charge in [-0.05, 0) is 44.9 Å². The first-order valence-electron chi connectivity index (χ1n) is 7.52. The lowest BCUT2D eigenvalue weighted by molar-refractivity contribution is 0.0134. The summed E-state index contributed by atoms with van der Waals surface area (Å²) in [4.78, 5) is 9.08. The van der Waals surface area contributed by atoms with Crippen molar-refractivity contribution in [1.29, 1.82) is 0 Å². The minimum Gasteiger partial charge on any atom is -0.378 e. The molecule has 0 radical (unpaired) electrons. The summed E-state index contributed by atoms with van der Waals surface area (Å²) in [5.74, 6) is 1.69. The lowest BCUT2D eigenvalue weighted by Crippen LogP contribution is -2.21. The first-order valence-corrected chi connectivity index (χ1v) is 8.33. The Labute approximate surface area is 132 Å². The van der Waals surface area contributed by atoms with E-state index >= 15 is 0 Å². The number of rotatable bonds is 2. The van der Waals surface area contributed by atoms with E-state index in [0.29, 0.717) is 11.7 Å². The highest BCUT2D eigenvalue weighted by Crippen LogP contribution is 2.31. The molecule has 1 aliphatic rings. The quantitative estimate of drug-likeness (QED) is 0.717. The predicted molar refractivity (Wildman–Crippen MR) is 85.0 cm³/mol. The predicted octanol–water partition coefficient (Wildman–Crippen LogP) is 3.94. The molecule has 6 heteroatoms. The van der Waals surface area contributed by atoms with Crippen molar-refractivity contribution >= 4 is 21.6 Å². The van der Waals surface area contributed by atoms with Gasteiger partial charge in [0.05, 0.1) is 21.3 Å². The molecule has 0 spiro atoms. The molecule has 1 aromatic carbocycles. The molecule has 0 N–H and O–H groups in total. The minimum absolute atomic E-state index is 0.255. The molecular formula is C16H17N3O2S. The van der Waals surface area contributed by atoms with Crippen LogP contribution >= 0.6 is 11.3 Å². The number of nitrogens with zero attached hydrogens (tertiary/aromatic N) is 3. The zero-order chi connectivity index (χ0) is 15.1. The van der Waals surface area contributed by atoms with Crippen LogP contribution in [0.4, 0.5) is 0 Å². The number of fused-ring (bicyclic) bond motifs is 1. The third-order valence-electron chi connectivity index (χ3n) is 4.03. The van der Waals surface area contributed by atoms with Crippen molar-refractivity contribution < 1.29 is 9.26 Å². The van der Waals surface area contributed by atoms with Crippen molar-refractivity contribution in [2.75, 3.05) is 6.61 Å². The molecule has 5 nitrogen and oxygen atoms in total. The fraction of sp³-hybridized carbons (Fsp3) is 0.438. The average molecular weight is 315 g/mol. The topological polar surface area (TPSA) is 61.0 Å². The third kappa shape index (κ3) is 2.53. The Morgan fingerprint density at radius 3 is 3.05 bits per heavy atom. The smallest absolute Gasteiger partial charge is 0.230 e. The highest BCUT2D eigenvalue weighted by molar-refractivity contribution is 7.18. The summed E-state index contributed by atoms with van der Waals surface area (Å²) in [6.07, 6.45) is 2.14. The highest BCUT2D eigenvalue weighted by atomic mass is 32.1. The van der Waals surface area contributed by atoms with Gasteiger partial charge >= 0.3 is 0 Å². The molecule has 0 unspecified atom stereocenters. The van der Waals surface area contributed by atoms with Gasteiger partial charge in [0, 0.05) is 18.1 Å². The van der Waals surface area contributed by atoms with E-state index in [9.17, 15) is 0 Å². The summed E-state index contributed by atoms with van der Waals surface area (Å²) in [6, 6.07) is 6.10. The van der Waals surface area contributed by atoms with E-state index in [2.05, 4.69) is 28.1 Å². The third-order valence-corrected chi connectivity index (χ3v) is 4.96. The summed E-state index contributed by atoms with van der Waals surface area (Å²) in [7, 11) is 0. The van der Waals surface area contributed by atoms with Crippen LogP contribution in [0.25, 0.3) is 21.6 Å². The first-order chi connectivity index (χ1) is 10.7. The second kappa shape index (κ2) is 5.44. The van der Waals surface area contributed by atoms with Gasteiger partial charge in [-0.1, -0.05) is 5.16 Å². The number of hydrogen-bond acceptors (Lipinski definition) is 6. The fourth-order valence-corrected chi connectivity index (χ4v) is 3.79. The van der Waals surface area contributed by atoms with E-state index in [1.54, 1.807) is 11.3 Å². The molecule has 0 aliphatic carbocycles. The Morgan fingerprint density at radius 2 is 2.18 bits per heavy atom. The molecule has 1 saturated heterocycles. The zero-order valence-corrected chi connectivity index (χ0v) is 13.4. The minimum atomic E-state index is 0.255. The Kier molecular flexibility index (Phi) is 3.43. The summed E-state index contributed by atoms with van der Waals surface area (Å²) < 4.78 is 12.2. The van der Waals surface area contributed by atoms with Gasteiger partial charge in [0.2, 0.25) is 11.7 Å². The van der Waals surface area contributed by atoms with Crippen molar-refractivity contribution in [3.63, 3.8) is 0 Å². The van der Waals surface area contributed by atoms with Crippen LogP contribution in [0.1, 0.15) is 36.6 Å². The molecule has 4 rings (SSSR count). The van der Waals surface area contributed by atoms with E-state index < -0.39 is 0 Å². The molecule has 22 heavy (non-hydrogen) atoms. The van der Waals surface area contributed by atoms with Gasteiger partial charge in [-0.15, -0.1) is 11.3 Å². The molecule has 0 saturated carbocycles. The van der Waals surface area contributed by atoms with Crippen molar-refractivity contribution in [3.8, 4) is 11.4 Å². The number of hydrogen-bond donors (Lipinski definition) is 0. The molecule has 1 aliphatic heterocycles. The van der Waals surface area contributed by atoms with Crippen LogP contribution in [0.15, 0.2) is 22.7 Å². The van der Waals surface area contributed by atoms with Gasteiger partial charge in [0.15, 0.2) is 0 Å². The summed E-state index contributed by atoms with van der Waals surface area (Å²) in [5, 5.41) is 5.22. The largest absolute Gasteiger partial charge is 0.378 e. The highest BCUT2D eigenvalue weighted by Gasteiger charge is 2.26. The Hall–Kier alpha value is -1.79. The van der Waals surface area contributed by atoms with E-state index in [1.807, 2.05) is 19.1 Å². The summed E-state index contributed by atoms with van der Waals surface area (Å²) in [6.45, 7) is 4.86. The van der Waals surface area contributed by atoms with Crippen LogP contribution in [0, 0.1) is 6.92 Å². The lowest BCUT2D eigenvalue weighted by Gasteiger charge is -2.24. The monoisotopic (exact) mass is 315 g/mol. The molecular weight excluding hydrogens is 298 g/mol. The fourth-order valence-electron chi connectivity index (χ4n) is 2.92. The number of benzene rings is 1. The molecule has 2 atom stereocenters. The Balaban J connectivity index is 1.64. The van der Waals surface area contributed by atoms with Gasteiger partial charge in [-0.2, -0.15) is 4.98 Å². The van der Waals surface area contributed by atoms with Crippen LogP contribution in [-0.4, -0.2) is 27.8 Å². The lowest BCUT2D eigenvalue weighted by atomic mass is 9.96. The Morgan fingerprint density at radius 1 is 1.27 bits per heavy atom. The Bertz CT molecular complexity index is 811. The van der Waals surface area contributed by atoms with Crippen LogP contribution in [0.5, 0.6) is 0 Å². The van der Waals surface area contributed by atoms with Crippen molar-refractivity contribution in [2.24, 2.45) is 0 Å². The van der Waals surface area contributed by atoms with Gasteiger partial charge in [0.25, 0.3) is 0 Å². The van der Waals surface area contributed by atoms with E-state index in [1.165, 1.54) is 0 Å². The van der Waals surface area contributed by atoms with Gasteiger partial charge in [-0.25, -0.2) is 4.98 Å². The average Bonchev–Trinajstić information content (AvgIpc) is 3.11. The van der Waals surface area contributed by atoms with Crippen LogP contribution in [0.3, 0.4) is 0 Å². The van der Waals surface area contributed by atoms with E-state index in [4.69, 9.17) is 9.26 Å². The molecule has 1 fully saturated rings. The molecule has 114 valence electrons. The maximum absolute atomic E-state index is 5.58. The second-order valence-corrected chi connectivity index (χ2v) is 7.01. The van der Waals surface area contributed by atoms with Crippen molar-refractivity contribution in [2.45, 2.75) is 38.7 Å². The molecule has 0 bridgehead atoms. The normalized spacial score (nSPS) is 22.3. The van der Waals surface area contributed by atoms with Gasteiger partial charge < -0.3 is 9.26 Å². The maximum Gasteiger partial charge on any atom is 0.230 e. The molecule has 0 amide bonds. The van der Waals surface area contributed by atoms with Crippen molar-refractivity contribution in [3.05, 3.63) is 29.1 Å². The van der Waals surface area contributed by atoms with E-state index in [0.717, 1.165) is 46.1 Å². The van der Waals surface area contributed by atoms with Crippen molar-refractivity contribution in [1.82, 2.24) is 15.1 Å². The SMILES string of the molecule is Cc1nc2ccc(-c3noc([C@H]4CCO[C@@H](C)C4)n3)cc2s1. The van der Waals surface area contributed by atoms with Crippen LogP contribution in [-0.2, 0) is 4.74 Å². The van der Waals surface area contributed by atoms with Gasteiger partial charge in [0.1, 0.15) is 0 Å². The standard InChI is InChI=1S/C16H17N3O2S/c1-9-7-12(5-6-20-9)16-18-15(19-21-16)11-3-4-13-14(8-11)22-10(2)17-13/h3-4,8-9,12H,5-7H2,1-2H3/t9-,12-/m0/s1. The second-order valence-electron chi connectivity index (χ2n) is 5.77. The molecule has 3 heterocycles. The first kappa shape index (κ1) is 13.8. The van der Waals surface area contributed by atoms with E-state index in [-0.39, 0.29) is 6.10 Å². The summed E-state index contributed by atoms with van der Waals surface area (Å²) in [5.41, 5.74) is 2.00. The molecule has 3 aromatic rings. The number of aryl methyl sites for hydroxylation is 1. The molecule has 2 aromatic heterocycles. The number of thiazole rings is 1. The maximum atomic E-state index is 5.58. The van der Waals surface area contributed by atoms with Crippen LogP contribution < -0.4 is 0 Å². The number of ether oxygens (including phenoxy) is 1. The van der Waals surface area contributed by atoms with Crippen LogP contribution in [0.2, 0.25) is 0 Å². The number of aromatic nitrogens is 3. The van der Waals surface area contributed by atoms with Gasteiger partial charge in [-0.3, -0.25) is 0 Å². The summed E-state index contributed by atoms with van der Waals surface area (Å²) >= 11 is 1.68. The zero-order valence-electron chi connectivity index (χ0n) is 12.6.